The molecule has 1 unspecified atom stereocenters. The number of hydrogen-bond acceptors (Lipinski definition) is 6. The van der Waals surface area contributed by atoms with E-state index >= 15 is 0 Å². The number of hydrogen-bond donors (Lipinski definition) is 0. The first-order valence-corrected chi connectivity index (χ1v) is 8.10. The monoisotopic (exact) mass is 308 g/mol. The molecule has 20 heavy (non-hydrogen) atoms. The van der Waals surface area contributed by atoms with Crippen molar-refractivity contribution in [1.29, 1.82) is 5.26 Å². The van der Waals surface area contributed by atoms with Gasteiger partial charge in [0, 0.05) is 12.3 Å². The molecule has 1 aromatic rings. The van der Waals surface area contributed by atoms with Crippen molar-refractivity contribution in [3.63, 3.8) is 0 Å². The molecule has 1 aliphatic heterocycles. The average molecular weight is 308 g/mol. The summed E-state index contributed by atoms with van der Waals surface area (Å²) in [5.74, 6) is -0.196. The number of rotatable bonds is 4. The van der Waals surface area contributed by atoms with Crippen LogP contribution in [0.2, 0.25) is 0 Å². The predicted octanol–water partition coefficient (Wildman–Crippen LogP) is 2.80. The first-order valence-electron chi connectivity index (χ1n) is 5.81. The summed E-state index contributed by atoms with van der Waals surface area (Å²) in [6.45, 7) is 1.87. The number of nitriles is 1. The van der Waals surface area contributed by atoms with Crippen LogP contribution in [-0.4, -0.2) is 13.5 Å². The minimum atomic E-state index is -3.91. The fourth-order valence-corrected chi connectivity index (χ4v) is 3.16. The number of nitrogens with zero attached hydrogens (tertiary/aromatic N) is 2. The second kappa shape index (κ2) is 6.11. The molecule has 0 saturated heterocycles. The summed E-state index contributed by atoms with van der Waals surface area (Å²) in [4.78, 5) is 0.0558. The third-order valence-electron chi connectivity index (χ3n) is 2.66. The second-order valence-electron chi connectivity index (χ2n) is 4.19. The zero-order valence-corrected chi connectivity index (χ0v) is 12.3. The van der Waals surface area contributed by atoms with Crippen LogP contribution in [0.1, 0.15) is 12.0 Å². The van der Waals surface area contributed by atoms with Crippen molar-refractivity contribution in [3.8, 4) is 6.07 Å². The van der Waals surface area contributed by atoms with Gasteiger partial charge in [0.15, 0.2) is 0 Å². The van der Waals surface area contributed by atoms with Crippen LogP contribution in [0.25, 0.3) is 0 Å². The normalized spacial score (nSPS) is 20.0. The Bertz CT molecular complexity index is 685. The van der Waals surface area contributed by atoms with E-state index in [0.29, 0.717) is 5.04 Å². The highest BCUT2D eigenvalue weighted by Gasteiger charge is 2.21. The van der Waals surface area contributed by atoms with Gasteiger partial charge < -0.3 is 0 Å². The van der Waals surface area contributed by atoms with Crippen molar-refractivity contribution in [1.82, 2.24) is 0 Å². The molecule has 0 N–H and O–H groups in total. The summed E-state index contributed by atoms with van der Waals surface area (Å²) in [5, 5.41) is 14.6. The molecule has 1 aliphatic rings. The van der Waals surface area contributed by atoms with Crippen molar-refractivity contribution >= 4 is 26.9 Å². The highest BCUT2D eigenvalue weighted by Crippen LogP contribution is 2.27. The van der Waals surface area contributed by atoms with E-state index in [-0.39, 0.29) is 17.2 Å². The van der Waals surface area contributed by atoms with Crippen molar-refractivity contribution in [2.24, 2.45) is 11.1 Å². The lowest BCUT2D eigenvalue weighted by atomic mass is 10.1. The standard InChI is InChI=1S/C13H12N2O3S2/c1-10-2-4-12(5-3-10)20(16,17)18-15-13-11(6-8-14)7-9-19-13/h2-5,7,9,11H,6H2,1H3. The van der Waals surface area contributed by atoms with E-state index in [0.717, 1.165) is 5.56 Å². The van der Waals surface area contributed by atoms with E-state index < -0.39 is 10.1 Å². The average Bonchev–Trinajstić information content (AvgIpc) is 2.85. The smallest absolute Gasteiger partial charge is 0.264 e. The molecule has 0 bridgehead atoms. The molecule has 1 atom stereocenters. The number of benzene rings is 1. The van der Waals surface area contributed by atoms with Crippen LogP contribution >= 0.6 is 11.8 Å². The minimum absolute atomic E-state index is 0.0558. The number of oxime groups is 1. The molecule has 0 aliphatic carbocycles. The summed E-state index contributed by atoms with van der Waals surface area (Å²) in [6.07, 6.45) is 2.05. The lowest BCUT2D eigenvalue weighted by Crippen LogP contribution is -2.08. The first-order chi connectivity index (χ1) is 9.53. The van der Waals surface area contributed by atoms with Crippen molar-refractivity contribution < 1.29 is 12.7 Å². The summed E-state index contributed by atoms with van der Waals surface area (Å²) in [6, 6.07) is 8.34. The summed E-state index contributed by atoms with van der Waals surface area (Å²) in [7, 11) is -3.91. The van der Waals surface area contributed by atoms with Gasteiger partial charge in [-0.15, -0.1) is 0 Å². The van der Waals surface area contributed by atoms with E-state index in [9.17, 15) is 8.42 Å². The highest BCUT2D eigenvalue weighted by atomic mass is 32.2. The Balaban J connectivity index is 2.13. The summed E-state index contributed by atoms with van der Waals surface area (Å²) < 4.78 is 28.6. The summed E-state index contributed by atoms with van der Waals surface area (Å²) in [5.41, 5.74) is 0.958. The van der Waals surface area contributed by atoms with Crippen LogP contribution in [0.5, 0.6) is 0 Å². The van der Waals surface area contributed by atoms with E-state index in [1.54, 1.807) is 23.6 Å². The Labute approximate surface area is 122 Å². The van der Waals surface area contributed by atoms with Gasteiger partial charge in [0.1, 0.15) is 9.94 Å². The Kier molecular flexibility index (Phi) is 4.47. The maximum atomic E-state index is 11.9. The van der Waals surface area contributed by atoms with E-state index in [1.807, 2.05) is 13.0 Å². The number of allylic oxidation sites excluding steroid dienone is 1. The topological polar surface area (TPSA) is 79.5 Å². The van der Waals surface area contributed by atoms with Gasteiger partial charge >= 0.3 is 10.1 Å². The molecule has 5 nitrogen and oxygen atoms in total. The lowest BCUT2D eigenvalue weighted by Gasteiger charge is -2.05. The van der Waals surface area contributed by atoms with E-state index in [4.69, 9.17) is 9.55 Å². The van der Waals surface area contributed by atoms with Crippen LogP contribution in [-0.2, 0) is 14.4 Å². The first kappa shape index (κ1) is 14.6. The van der Waals surface area contributed by atoms with E-state index in [1.165, 1.54) is 23.9 Å². The van der Waals surface area contributed by atoms with Gasteiger partial charge in [-0.25, -0.2) is 0 Å². The molecule has 104 valence electrons. The quantitative estimate of drug-likeness (QED) is 0.799. The van der Waals surface area contributed by atoms with Crippen molar-refractivity contribution in [2.45, 2.75) is 18.2 Å². The molecule has 0 radical (unpaired) electrons. The molecule has 0 amide bonds. The Morgan fingerprint density at radius 1 is 1.40 bits per heavy atom. The molecule has 1 heterocycles. The molecular formula is C13H12N2O3S2. The third kappa shape index (κ3) is 3.40. The molecule has 0 saturated carbocycles. The third-order valence-corrected chi connectivity index (χ3v) is 4.70. The highest BCUT2D eigenvalue weighted by molar-refractivity contribution is 8.16. The van der Waals surface area contributed by atoms with E-state index in [2.05, 4.69) is 5.16 Å². The molecule has 1 aromatic carbocycles. The number of aryl methyl sites for hydroxylation is 1. The Hall–Kier alpha value is -1.78. The Morgan fingerprint density at radius 2 is 2.10 bits per heavy atom. The van der Waals surface area contributed by atoms with Gasteiger partial charge in [-0.1, -0.05) is 40.7 Å². The molecule has 7 heteroatoms. The maximum absolute atomic E-state index is 11.9. The Morgan fingerprint density at radius 3 is 2.75 bits per heavy atom. The number of thioether (sulfide) groups is 1. The van der Waals surface area contributed by atoms with Gasteiger partial charge in [0.25, 0.3) is 0 Å². The predicted molar refractivity (Wildman–Crippen MR) is 77.3 cm³/mol. The lowest BCUT2D eigenvalue weighted by molar-refractivity contribution is 0.338. The van der Waals surface area contributed by atoms with Gasteiger partial charge in [-0.3, -0.25) is 4.28 Å². The largest absolute Gasteiger partial charge is 0.358 e. The maximum Gasteiger partial charge on any atom is 0.358 e. The van der Waals surface area contributed by atoms with Crippen molar-refractivity contribution in [2.75, 3.05) is 0 Å². The molecule has 0 fully saturated rings. The van der Waals surface area contributed by atoms with Crippen LogP contribution < -0.4 is 0 Å². The summed E-state index contributed by atoms with van der Waals surface area (Å²) >= 11 is 1.26. The van der Waals surface area contributed by atoms with Crippen LogP contribution in [0.15, 0.2) is 45.8 Å². The SMILES string of the molecule is Cc1ccc(S(=O)(=O)ON=C2SC=CC2CC#N)cc1. The van der Waals surface area contributed by atoms with Gasteiger partial charge in [0.2, 0.25) is 0 Å². The molecule has 0 aromatic heterocycles. The minimum Gasteiger partial charge on any atom is -0.264 e. The second-order valence-corrected chi connectivity index (χ2v) is 6.64. The van der Waals surface area contributed by atoms with Crippen LogP contribution in [0.4, 0.5) is 0 Å². The zero-order chi connectivity index (χ0) is 14.6. The molecule has 2 rings (SSSR count). The molecule has 0 spiro atoms. The van der Waals surface area contributed by atoms with Crippen LogP contribution in [0.3, 0.4) is 0 Å². The molecular weight excluding hydrogens is 296 g/mol. The fourth-order valence-electron chi connectivity index (χ4n) is 1.55. The van der Waals surface area contributed by atoms with Gasteiger partial charge in [0.05, 0.1) is 6.07 Å². The van der Waals surface area contributed by atoms with Crippen LogP contribution in [0, 0.1) is 24.2 Å². The van der Waals surface area contributed by atoms with Gasteiger partial charge in [-0.2, -0.15) is 13.7 Å². The zero-order valence-electron chi connectivity index (χ0n) is 10.7. The van der Waals surface area contributed by atoms with Gasteiger partial charge in [-0.05, 0) is 24.5 Å². The van der Waals surface area contributed by atoms with Crippen molar-refractivity contribution in [3.05, 3.63) is 41.3 Å². The fraction of sp³-hybridized carbons (Fsp3) is 0.231.